The van der Waals surface area contributed by atoms with Crippen LogP contribution in [0.4, 0.5) is 34.1 Å². The second-order valence-corrected chi connectivity index (χ2v) is 30.8. The van der Waals surface area contributed by atoms with Crippen molar-refractivity contribution in [3.05, 3.63) is 294 Å². The largest absolute Gasteiger partial charge is 0.310 e. The molecule has 12 aromatic rings. The fourth-order valence-corrected chi connectivity index (χ4v) is 14.9. The van der Waals surface area contributed by atoms with Gasteiger partial charge in [-0.05, 0) is 172 Å². The summed E-state index contributed by atoms with van der Waals surface area (Å²) in [6, 6.07) is 98.0. The maximum absolute atomic E-state index is 2.71. The molecule has 2 aliphatic heterocycles. The molecule has 12 aromatic carbocycles. The molecule has 94 heavy (non-hydrogen) atoms. The lowest BCUT2D eigenvalue weighted by molar-refractivity contribution is 0.568. The van der Waals surface area contributed by atoms with Gasteiger partial charge in [-0.3, -0.25) is 0 Å². The Hall–Kier alpha value is -9.70. The molecule has 2 aliphatic rings. The summed E-state index contributed by atoms with van der Waals surface area (Å²) in [6.45, 7) is 34.9. The molecule has 0 aromatic heterocycles. The van der Waals surface area contributed by atoms with Gasteiger partial charge in [0.2, 0.25) is 0 Å². The van der Waals surface area contributed by atoms with Gasteiger partial charge in [0.25, 0.3) is 6.71 Å². The lowest BCUT2D eigenvalue weighted by Gasteiger charge is -2.46. The van der Waals surface area contributed by atoms with Crippen molar-refractivity contribution in [1.29, 1.82) is 0 Å². The second-order valence-electron chi connectivity index (χ2n) is 30.8. The number of nitrogens with zero attached hydrogens (tertiary/aromatic N) is 2. The maximum atomic E-state index is 2.71. The summed E-state index contributed by atoms with van der Waals surface area (Å²) in [4.78, 5) is 5.43. The summed E-state index contributed by atoms with van der Waals surface area (Å²) in [5.74, 6) is 0. The fourth-order valence-electron chi connectivity index (χ4n) is 14.9. The lowest BCUT2D eigenvalue weighted by atomic mass is 9.33. The van der Waals surface area contributed by atoms with Crippen LogP contribution in [0.25, 0.3) is 77.9 Å². The molecule has 464 valence electrons. The molecule has 0 spiro atoms. The third kappa shape index (κ3) is 11.2. The van der Waals surface area contributed by atoms with Crippen molar-refractivity contribution in [3.63, 3.8) is 0 Å². The van der Waals surface area contributed by atoms with E-state index in [4.69, 9.17) is 0 Å². The summed E-state index contributed by atoms with van der Waals surface area (Å²) < 4.78 is 0. The van der Waals surface area contributed by atoms with Gasteiger partial charge in [-0.2, -0.15) is 0 Å². The highest BCUT2D eigenvalue weighted by Crippen LogP contribution is 2.55. The minimum Gasteiger partial charge on any atom is -0.310 e. The van der Waals surface area contributed by atoms with Crippen LogP contribution in [0.15, 0.2) is 255 Å². The number of rotatable bonds is 9. The molecule has 0 bridgehead atoms. The summed E-state index contributed by atoms with van der Waals surface area (Å²) in [5.41, 5.74) is 36.0. The summed E-state index contributed by atoms with van der Waals surface area (Å²) >= 11 is 0. The van der Waals surface area contributed by atoms with Crippen LogP contribution in [0.5, 0.6) is 0 Å². The molecule has 2 heterocycles. The third-order valence-electron chi connectivity index (χ3n) is 19.9. The first-order valence-electron chi connectivity index (χ1n) is 33.8. The van der Waals surface area contributed by atoms with Crippen LogP contribution in [-0.2, 0) is 21.7 Å². The van der Waals surface area contributed by atoms with Gasteiger partial charge >= 0.3 is 0 Å². The molecule has 14 rings (SSSR count). The molecule has 0 fully saturated rings. The topological polar surface area (TPSA) is 6.48 Å². The average Bonchev–Trinajstić information content (AvgIpc) is 0.688. The minimum atomic E-state index is -0.190. The number of para-hydroxylation sites is 2. The van der Waals surface area contributed by atoms with E-state index in [-0.39, 0.29) is 28.4 Å². The van der Waals surface area contributed by atoms with Crippen LogP contribution in [-0.4, -0.2) is 6.71 Å². The van der Waals surface area contributed by atoms with Gasteiger partial charge in [0.05, 0.1) is 11.4 Å². The summed E-state index contributed by atoms with van der Waals surface area (Å²) in [5, 5.41) is 0. The third-order valence-corrected chi connectivity index (χ3v) is 19.9. The van der Waals surface area contributed by atoms with Gasteiger partial charge < -0.3 is 9.80 Å². The maximum Gasteiger partial charge on any atom is 0.252 e. The SMILES string of the molecule is Cc1cc(C)c(-c2cc3c4c(c2)N(c2c(-c5ccccc5)cccc2-c2ccccc2)c2cc(-c5cc(C(C)(C)C)cc(C(C)(C)C)c5)ccc2B4c2ccc(-c4cc(C(C)(C)C)cc(C(C)(C)C)c4)cc2N3c2c(-c3ccccc3)cccc2-c2ccccc2)c(C)c1. The molecule has 2 nitrogen and oxygen atoms in total. The minimum absolute atomic E-state index is 0.0775. The number of hydrogen-bond donors (Lipinski definition) is 0. The van der Waals surface area contributed by atoms with Crippen LogP contribution >= 0.6 is 0 Å². The highest BCUT2D eigenvalue weighted by atomic mass is 15.2. The molecule has 0 N–H and O–H groups in total. The van der Waals surface area contributed by atoms with E-state index in [1.807, 2.05) is 0 Å². The average molecular weight is 1220 g/mol. The Morgan fingerprint density at radius 3 is 0.851 bits per heavy atom. The molecule has 0 radical (unpaired) electrons. The molecule has 0 unspecified atom stereocenters. The first-order valence-corrected chi connectivity index (χ1v) is 33.8. The van der Waals surface area contributed by atoms with E-state index in [1.165, 1.54) is 100 Å². The van der Waals surface area contributed by atoms with Crippen LogP contribution in [0.3, 0.4) is 0 Å². The van der Waals surface area contributed by atoms with Crippen LogP contribution in [0, 0.1) is 20.8 Å². The zero-order valence-electron chi connectivity index (χ0n) is 57.7. The standard InChI is InChI=1S/C91H87BN2/c1-58-46-59(2)84(60(3)47-58)69-54-82-85-83(55-69)94(87-76(63-34-24-18-25-35-63)40-29-41-77(87)64-36-26-19-27-37-64)81-53-66(68-50-72(90(10,11)12)57-73(51-68)91(13,14)15)43-45-79(81)92(85)78-44-42-65(67-48-70(88(4,5)6)56-71(49-67)89(7,8)9)52-80(78)93(82)86-74(61-30-20-16-21-31-61)38-28-39-75(86)62-32-22-17-23-33-62/h16-57H,1-15H3. The van der Waals surface area contributed by atoms with Crippen LogP contribution in [0.2, 0.25) is 0 Å². The van der Waals surface area contributed by atoms with E-state index >= 15 is 0 Å². The predicted octanol–water partition coefficient (Wildman–Crippen LogP) is 23.6. The Labute approximate surface area is 560 Å². The first-order chi connectivity index (χ1) is 44.9. The quantitative estimate of drug-likeness (QED) is 0.133. The van der Waals surface area contributed by atoms with E-state index in [9.17, 15) is 0 Å². The van der Waals surface area contributed by atoms with E-state index in [0.717, 1.165) is 67.3 Å². The van der Waals surface area contributed by atoms with Crippen molar-refractivity contribution in [2.75, 3.05) is 9.80 Å². The van der Waals surface area contributed by atoms with Gasteiger partial charge in [-0.1, -0.05) is 319 Å². The van der Waals surface area contributed by atoms with Crippen molar-refractivity contribution in [2.24, 2.45) is 0 Å². The van der Waals surface area contributed by atoms with Crippen molar-refractivity contribution >= 4 is 57.2 Å². The normalized spacial score (nSPS) is 13.0. The van der Waals surface area contributed by atoms with Gasteiger partial charge in [0, 0.05) is 45.0 Å². The zero-order valence-corrected chi connectivity index (χ0v) is 57.7. The van der Waals surface area contributed by atoms with Crippen molar-refractivity contribution in [2.45, 2.75) is 126 Å². The highest BCUT2D eigenvalue weighted by molar-refractivity contribution is 7.00. The van der Waals surface area contributed by atoms with Crippen LogP contribution < -0.4 is 26.2 Å². The Kier molecular flexibility index (Phi) is 15.4. The monoisotopic (exact) mass is 1220 g/mol. The predicted molar refractivity (Wildman–Crippen MR) is 408 cm³/mol. The molecule has 0 aliphatic carbocycles. The number of aryl methyl sites for hydroxylation is 3. The Morgan fingerprint density at radius 2 is 0.553 bits per heavy atom. The Balaban J connectivity index is 1.19. The van der Waals surface area contributed by atoms with E-state index < -0.39 is 0 Å². The summed E-state index contributed by atoms with van der Waals surface area (Å²) in [7, 11) is 0. The van der Waals surface area contributed by atoms with E-state index in [1.54, 1.807) is 0 Å². The van der Waals surface area contributed by atoms with Crippen molar-refractivity contribution in [3.8, 4) is 77.9 Å². The molecule has 0 saturated heterocycles. The van der Waals surface area contributed by atoms with Crippen molar-refractivity contribution in [1.82, 2.24) is 0 Å². The number of anilines is 6. The lowest BCUT2D eigenvalue weighted by Crippen LogP contribution is -2.61. The number of hydrogen-bond acceptors (Lipinski definition) is 2. The zero-order chi connectivity index (χ0) is 65.8. The molecular formula is C91H87BN2. The first kappa shape index (κ1) is 61.8. The van der Waals surface area contributed by atoms with Crippen molar-refractivity contribution < 1.29 is 0 Å². The molecule has 3 heteroatoms. The van der Waals surface area contributed by atoms with Gasteiger partial charge in [-0.25, -0.2) is 0 Å². The Bertz CT molecular complexity index is 4410. The van der Waals surface area contributed by atoms with Gasteiger partial charge in [-0.15, -0.1) is 0 Å². The van der Waals surface area contributed by atoms with Crippen LogP contribution in [0.1, 0.15) is 122 Å². The van der Waals surface area contributed by atoms with Gasteiger partial charge in [0.15, 0.2) is 0 Å². The van der Waals surface area contributed by atoms with E-state index in [2.05, 4.69) is 368 Å². The number of fused-ring (bicyclic) bond motifs is 4. The highest BCUT2D eigenvalue weighted by Gasteiger charge is 2.46. The second kappa shape index (κ2) is 23.4. The number of benzene rings is 12. The molecular weight excluding hydrogens is 1130 g/mol. The smallest absolute Gasteiger partial charge is 0.252 e. The Morgan fingerprint density at radius 1 is 0.255 bits per heavy atom. The molecule has 0 atom stereocenters. The van der Waals surface area contributed by atoms with E-state index in [0.29, 0.717) is 0 Å². The molecule has 0 saturated carbocycles. The fraction of sp³-hybridized carbons (Fsp3) is 0.209. The molecule has 0 amide bonds. The van der Waals surface area contributed by atoms with Gasteiger partial charge in [0.1, 0.15) is 0 Å². The summed E-state index contributed by atoms with van der Waals surface area (Å²) in [6.07, 6.45) is 0.